The molecule has 2 heterocycles. The van der Waals surface area contributed by atoms with Crippen LogP contribution in [0.4, 0.5) is 5.69 Å². The van der Waals surface area contributed by atoms with Crippen molar-refractivity contribution in [3.8, 4) is 17.2 Å². The zero-order chi connectivity index (χ0) is 25.2. The van der Waals surface area contributed by atoms with Gasteiger partial charge in [0.2, 0.25) is 0 Å². The fourth-order valence-corrected chi connectivity index (χ4v) is 4.29. The lowest BCUT2D eigenvalue weighted by Gasteiger charge is -2.19. The van der Waals surface area contributed by atoms with Crippen molar-refractivity contribution in [2.45, 2.75) is 18.9 Å². The summed E-state index contributed by atoms with van der Waals surface area (Å²) in [6.07, 6.45) is -0.988. The number of carbonyl (C=O) groups excluding carboxylic acids is 1. The number of ether oxygens (including phenoxy) is 3. The molecule has 1 aliphatic rings. The highest BCUT2D eigenvalue weighted by Gasteiger charge is 2.44. The number of carbonyl (C=O) groups is 1. The predicted molar refractivity (Wildman–Crippen MR) is 137 cm³/mol. The fourth-order valence-electron chi connectivity index (χ4n) is 4.29. The molecule has 1 amide bonds. The summed E-state index contributed by atoms with van der Waals surface area (Å²) < 4.78 is 22.7. The van der Waals surface area contributed by atoms with E-state index in [2.05, 4.69) is 11.9 Å². The monoisotopic (exact) mass is 483 g/mol. The highest BCUT2D eigenvalue weighted by Crippen LogP contribution is 2.44. The molecular weight excluding hydrogens is 458 g/mol. The predicted octanol–water partition coefficient (Wildman–Crippen LogP) is 5.29. The number of nitrogens with one attached hydrogen (secondary N) is 1. The highest BCUT2D eigenvalue weighted by atomic mass is 16.5. The van der Waals surface area contributed by atoms with Crippen molar-refractivity contribution in [1.82, 2.24) is 0 Å². The van der Waals surface area contributed by atoms with Gasteiger partial charge in [-0.25, -0.2) is 4.79 Å². The van der Waals surface area contributed by atoms with Gasteiger partial charge in [0.15, 0.2) is 6.10 Å². The van der Waals surface area contributed by atoms with Crippen LogP contribution in [0.3, 0.4) is 0 Å². The summed E-state index contributed by atoms with van der Waals surface area (Å²) in [7, 11) is 1.58. The Morgan fingerprint density at radius 1 is 1.00 bits per heavy atom. The Morgan fingerprint density at radius 2 is 1.69 bits per heavy atom. The Balaban J connectivity index is 1.54. The van der Waals surface area contributed by atoms with Crippen molar-refractivity contribution in [2.75, 3.05) is 19.0 Å². The van der Waals surface area contributed by atoms with E-state index in [4.69, 9.17) is 18.6 Å². The molecule has 0 saturated heterocycles. The summed E-state index contributed by atoms with van der Waals surface area (Å²) in [6.45, 7) is 6.13. The second-order valence-electron chi connectivity index (χ2n) is 8.68. The van der Waals surface area contributed by atoms with Crippen molar-refractivity contribution in [1.29, 1.82) is 0 Å². The summed E-state index contributed by atoms with van der Waals surface area (Å²) in [6, 6.07) is 21.4. The second-order valence-corrected chi connectivity index (χ2v) is 8.68. The van der Waals surface area contributed by atoms with E-state index in [-0.39, 0.29) is 5.91 Å². The largest absolute Gasteiger partial charge is 0.497 e. The van der Waals surface area contributed by atoms with Gasteiger partial charge >= 0.3 is 5.63 Å². The van der Waals surface area contributed by atoms with Crippen molar-refractivity contribution < 1.29 is 23.4 Å². The molecular formula is C29H25NO6. The van der Waals surface area contributed by atoms with Crippen LogP contribution in [0.15, 0.2) is 94.2 Å². The molecule has 1 aliphatic heterocycles. The molecule has 1 aromatic heterocycles. The van der Waals surface area contributed by atoms with Gasteiger partial charge in [0.05, 0.1) is 24.0 Å². The molecule has 36 heavy (non-hydrogen) atoms. The Kier molecular flexibility index (Phi) is 6.21. The molecule has 1 N–H and O–H groups in total. The summed E-state index contributed by atoms with van der Waals surface area (Å²) >= 11 is 0. The summed E-state index contributed by atoms with van der Waals surface area (Å²) in [4.78, 5) is 26.6. The number of benzene rings is 3. The first-order valence-electron chi connectivity index (χ1n) is 11.5. The van der Waals surface area contributed by atoms with Crippen LogP contribution in [0.5, 0.6) is 17.2 Å². The Morgan fingerprint density at radius 3 is 2.39 bits per heavy atom. The molecule has 0 unspecified atom stereocenters. The van der Waals surface area contributed by atoms with Crippen molar-refractivity contribution in [2.24, 2.45) is 0 Å². The molecule has 0 fully saturated rings. The summed E-state index contributed by atoms with van der Waals surface area (Å²) in [5.74, 6) is 0.644. The third kappa shape index (κ3) is 4.43. The molecule has 4 aromatic rings. The molecule has 0 radical (unpaired) electrons. The molecule has 7 nitrogen and oxygen atoms in total. The highest BCUT2D eigenvalue weighted by molar-refractivity contribution is 5.97. The van der Waals surface area contributed by atoms with Gasteiger partial charge < -0.3 is 23.9 Å². The molecule has 2 atom stereocenters. The van der Waals surface area contributed by atoms with Gasteiger partial charge in [-0.1, -0.05) is 30.8 Å². The van der Waals surface area contributed by atoms with E-state index >= 15 is 0 Å². The lowest BCUT2D eigenvalue weighted by Crippen LogP contribution is -2.35. The Labute approximate surface area is 207 Å². The van der Waals surface area contributed by atoms with Gasteiger partial charge in [-0.15, -0.1) is 0 Å². The molecule has 7 heteroatoms. The maximum atomic E-state index is 13.5. The molecule has 3 aromatic carbocycles. The normalized spacial score (nSPS) is 16.2. The first-order chi connectivity index (χ1) is 17.4. The van der Waals surface area contributed by atoms with E-state index in [1.165, 1.54) is 0 Å². The van der Waals surface area contributed by atoms with Gasteiger partial charge in [0.1, 0.15) is 29.4 Å². The van der Waals surface area contributed by atoms with Gasteiger partial charge in [0, 0.05) is 5.69 Å². The van der Waals surface area contributed by atoms with Crippen LogP contribution in [0.2, 0.25) is 0 Å². The van der Waals surface area contributed by atoms with Crippen molar-refractivity contribution in [3.05, 3.63) is 106 Å². The zero-order valence-electron chi connectivity index (χ0n) is 19.9. The number of para-hydroxylation sites is 1. The Bertz CT molecular complexity index is 1490. The van der Waals surface area contributed by atoms with Crippen LogP contribution in [0.1, 0.15) is 24.0 Å². The summed E-state index contributed by atoms with van der Waals surface area (Å²) in [5.41, 5.74) is 2.40. The van der Waals surface area contributed by atoms with Crippen LogP contribution >= 0.6 is 0 Å². The quantitative estimate of drug-likeness (QED) is 0.284. The average Bonchev–Trinajstić information content (AvgIpc) is 3.30. The molecule has 0 bridgehead atoms. The topological polar surface area (TPSA) is 87.0 Å². The minimum Gasteiger partial charge on any atom is -0.497 e. The minimum absolute atomic E-state index is 0.319. The number of hydrogen-bond acceptors (Lipinski definition) is 6. The van der Waals surface area contributed by atoms with Crippen molar-refractivity contribution >= 4 is 22.6 Å². The fraction of sp³-hybridized carbons (Fsp3) is 0.172. The van der Waals surface area contributed by atoms with E-state index in [1.54, 1.807) is 55.6 Å². The average molecular weight is 484 g/mol. The van der Waals surface area contributed by atoms with E-state index < -0.39 is 17.6 Å². The minimum atomic E-state index is -0.988. The number of rotatable bonds is 7. The molecule has 0 aliphatic carbocycles. The van der Waals surface area contributed by atoms with Gasteiger partial charge in [-0.3, -0.25) is 4.79 Å². The smallest absolute Gasteiger partial charge is 0.344 e. The lowest BCUT2D eigenvalue weighted by molar-refractivity contribution is -0.122. The van der Waals surface area contributed by atoms with Crippen LogP contribution in [0, 0.1) is 0 Å². The van der Waals surface area contributed by atoms with Gasteiger partial charge in [-0.05, 0) is 66.6 Å². The van der Waals surface area contributed by atoms with E-state index in [0.717, 1.165) is 11.1 Å². The van der Waals surface area contributed by atoms with Crippen LogP contribution in [-0.2, 0) is 4.79 Å². The third-order valence-electron chi connectivity index (χ3n) is 6.00. The van der Waals surface area contributed by atoms with Gasteiger partial charge in [0.25, 0.3) is 5.91 Å². The number of anilines is 1. The van der Waals surface area contributed by atoms with Crippen LogP contribution in [0.25, 0.3) is 11.0 Å². The molecule has 0 saturated carbocycles. The molecule has 182 valence electrons. The van der Waals surface area contributed by atoms with Crippen LogP contribution < -0.4 is 25.2 Å². The number of hydrogen-bond donors (Lipinski definition) is 1. The van der Waals surface area contributed by atoms with E-state index in [1.807, 2.05) is 31.2 Å². The lowest BCUT2D eigenvalue weighted by atomic mass is 9.88. The van der Waals surface area contributed by atoms with Crippen LogP contribution in [-0.4, -0.2) is 25.7 Å². The Hall–Kier alpha value is -4.52. The third-order valence-corrected chi connectivity index (χ3v) is 6.00. The standard InChI is InChI=1S/C29H25NO6/c1-17(2)16-34-21-12-8-18(9-13-21)24-25-26(22-6-4-5-7-23(22)35-29(25)32)36-27(24)28(31)30-19-10-14-20(33-3)15-11-19/h4-15,24,27H,1,16H2,2-3H3,(H,30,31)/t24-,27-/m0/s1. The SMILES string of the molecule is C=C(C)COc1ccc([C@H]2c3c(c4ccccc4oc3=O)O[C@@H]2C(=O)Nc2ccc(OC)cc2)cc1. The number of fused-ring (bicyclic) bond motifs is 3. The maximum Gasteiger partial charge on any atom is 0.344 e. The van der Waals surface area contributed by atoms with E-state index in [9.17, 15) is 9.59 Å². The number of amides is 1. The zero-order valence-corrected chi connectivity index (χ0v) is 19.9. The molecule has 0 spiro atoms. The number of methoxy groups -OCH3 is 1. The second kappa shape index (κ2) is 9.62. The first-order valence-corrected chi connectivity index (χ1v) is 11.5. The first kappa shape index (κ1) is 23.2. The van der Waals surface area contributed by atoms with E-state index in [0.29, 0.717) is 46.1 Å². The van der Waals surface area contributed by atoms with Gasteiger partial charge in [-0.2, -0.15) is 0 Å². The molecule has 5 rings (SSSR count). The maximum absolute atomic E-state index is 13.5. The summed E-state index contributed by atoms with van der Waals surface area (Å²) in [5, 5.41) is 3.53. The van der Waals surface area contributed by atoms with Crippen molar-refractivity contribution in [3.63, 3.8) is 0 Å².